The molecule has 0 spiro atoms. The Morgan fingerprint density at radius 1 is 1.24 bits per heavy atom. The van der Waals surface area contributed by atoms with Gasteiger partial charge in [-0.05, 0) is 56.2 Å². The second-order valence-corrected chi connectivity index (χ2v) is 7.37. The summed E-state index contributed by atoms with van der Waals surface area (Å²) in [4.78, 5) is 4.71. The largest absolute Gasteiger partial charge is 0.494 e. The maximum Gasteiger partial charge on any atom is 0.184 e. The average molecular weight is 304 g/mol. The SMILES string of the molecule is CCOc1ccc2nc(NC3CC(C)CC(C)C3)sc2c1. The van der Waals surface area contributed by atoms with Crippen LogP contribution in [0.15, 0.2) is 18.2 Å². The predicted octanol–water partition coefficient (Wildman–Crippen LogP) is 4.93. The molecule has 1 aromatic carbocycles. The number of thiazole rings is 1. The van der Waals surface area contributed by atoms with Gasteiger partial charge in [-0.1, -0.05) is 25.2 Å². The zero-order chi connectivity index (χ0) is 14.8. The molecule has 1 N–H and O–H groups in total. The average Bonchev–Trinajstić information content (AvgIpc) is 2.79. The van der Waals surface area contributed by atoms with Crippen LogP contribution >= 0.6 is 11.3 Å². The number of benzene rings is 1. The first-order valence-corrected chi connectivity index (χ1v) is 8.75. The minimum atomic E-state index is 0.565. The molecule has 21 heavy (non-hydrogen) atoms. The van der Waals surface area contributed by atoms with Crippen LogP contribution in [-0.2, 0) is 0 Å². The van der Waals surface area contributed by atoms with E-state index in [0.717, 1.165) is 28.2 Å². The van der Waals surface area contributed by atoms with Crippen LogP contribution in [0.5, 0.6) is 5.75 Å². The number of aromatic nitrogens is 1. The standard InChI is InChI=1S/C17H24N2OS/c1-4-20-14-5-6-15-16(10-14)21-17(19-15)18-13-8-11(2)7-12(3)9-13/h5-6,10-13H,4,7-9H2,1-3H3,(H,18,19). The van der Waals surface area contributed by atoms with E-state index >= 15 is 0 Å². The Morgan fingerprint density at radius 3 is 2.71 bits per heavy atom. The molecule has 0 aliphatic heterocycles. The summed E-state index contributed by atoms with van der Waals surface area (Å²) in [6.07, 6.45) is 3.87. The van der Waals surface area contributed by atoms with Crippen molar-refractivity contribution in [2.24, 2.45) is 11.8 Å². The predicted molar refractivity (Wildman–Crippen MR) is 90.4 cm³/mol. The first kappa shape index (κ1) is 14.6. The topological polar surface area (TPSA) is 34.1 Å². The van der Waals surface area contributed by atoms with Crippen molar-refractivity contribution in [1.82, 2.24) is 4.98 Å². The van der Waals surface area contributed by atoms with Crippen molar-refractivity contribution in [1.29, 1.82) is 0 Å². The number of anilines is 1. The van der Waals surface area contributed by atoms with Gasteiger partial charge in [-0.2, -0.15) is 0 Å². The van der Waals surface area contributed by atoms with E-state index in [9.17, 15) is 0 Å². The Balaban J connectivity index is 1.75. The van der Waals surface area contributed by atoms with Crippen LogP contribution in [0.2, 0.25) is 0 Å². The summed E-state index contributed by atoms with van der Waals surface area (Å²) in [5, 5.41) is 4.70. The number of hydrogen-bond donors (Lipinski definition) is 1. The first-order chi connectivity index (χ1) is 10.1. The lowest BCUT2D eigenvalue weighted by Gasteiger charge is -2.31. The van der Waals surface area contributed by atoms with Gasteiger partial charge in [0, 0.05) is 6.04 Å². The first-order valence-electron chi connectivity index (χ1n) is 7.94. The molecule has 0 amide bonds. The van der Waals surface area contributed by atoms with Gasteiger partial charge in [0.25, 0.3) is 0 Å². The molecule has 2 unspecified atom stereocenters. The highest BCUT2D eigenvalue weighted by Gasteiger charge is 2.24. The number of nitrogens with zero attached hydrogens (tertiary/aromatic N) is 1. The minimum Gasteiger partial charge on any atom is -0.494 e. The van der Waals surface area contributed by atoms with E-state index in [4.69, 9.17) is 9.72 Å². The van der Waals surface area contributed by atoms with E-state index in [-0.39, 0.29) is 0 Å². The van der Waals surface area contributed by atoms with Gasteiger partial charge in [-0.25, -0.2) is 4.98 Å². The zero-order valence-electron chi connectivity index (χ0n) is 13.1. The molecule has 3 nitrogen and oxygen atoms in total. The zero-order valence-corrected chi connectivity index (χ0v) is 13.9. The van der Waals surface area contributed by atoms with E-state index < -0.39 is 0 Å². The summed E-state index contributed by atoms with van der Waals surface area (Å²) >= 11 is 1.73. The molecule has 0 bridgehead atoms. The summed E-state index contributed by atoms with van der Waals surface area (Å²) in [5.74, 6) is 2.55. The number of rotatable bonds is 4. The number of nitrogens with one attached hydrogen (secondary N) is 1. The van der Waals surface area contributed by atoms with Gasteiger partial charge in [0.2, 0.25) is 0 Å². The highest BCUT2D eigenvalue weighted by Crippen LogP contribution is 2.34. The van der Waals surface area contributed by atoms with Crippen LogP contribution in [0.1, 0.15) is 40.0 Å². The van der Waals surface area contributed by atoms with Gasteiger partial charge in [0.1, 0.15) is 5.75 Å². The molecule has 1 fully saturated rings. The lowest BCUT2D eigenvalue weighted by Crippen LogP contribution is -2.30. The normalized spacial score (nSPS) is 26.0. The second kappa shape index (κ2) is 6.22. The van der Waals surface area contributed by atoms with Crippen LogP contribution in [0.4, 0.5) is 5.13 Å². The Bertz CT molecular complexity index is 600. The third-order valence-electron chi connectivity index (χ3n) is 4.18. The van der Waals surface area contributed by atoms with Crippen molar-refractivity contribution in [3.05, 3.63) is 18.2 Å². The van der Waals surface area contributed by atoms with E-state index in [2.05, 4.69) is 25.2 Å². The molecule has 0 saturated heterocycles. The van der Waals surface area contributed by atoms with Crippen LogP contribution in [0.3, 0.4) is 0 Å². The maximum absolute atomic E-state index is 5.56. The number of hydrogen-bond acceptors (Lipinski definition) is 4. The second-order valence-electron chi connectivity index (χ2n) is 6.34. The molecular formula is C17H24N2OS. The smallest absolute Gasteiger partial charge is 0.184 e. The molecular weight excluding hydrogens is 280 g/mol. The van der Waals surface area contributed by atoms with Crippen LogP contribution in [0.25, 0.3) is 10.2 Å². The third-order valence-corrected chi connectivity index (χ3v) is 5.13. The quantitative estimate of drug-likeness (QED) is 0.869. The monoisotopic (exact) mass is 304 g/mol. The van der Waals surface area contributed by atoms with Gasteiger partial charge in [-0.15, -0.1) is 0 Å². The molecule has 1 aliphatic carbocycles. The lowest BCUT2D eigenvalue weighted by atomic mass is 9.80. The molecule has 1 aromatic heterocycles. The fourth-order valence-electron chi connectivity index (χ4n) is 3.46. The minimum absolute atomic E-state index is 0.565. The van der Waals surface area contributed by atoms with Crippen molar-refractivity contribution < 1.29 is 4.74 Å². The molecule has 4 heteroatoms. The highest BCUT2D eigenvalue weighted by atomic mass is 32.1. The van der Waals surface area contributed by atoms with E-state index in [1.165, 1.54) is 24.0 Å². The van der Waals surface area contributed by atoms with Crippen molar-refractivity contribution >= 4 is 26.7 Å². The van der Waals surface area contributed by atoms with Gasteiger partial charge in [0.05, 0.1) is 16.8 Å². The number of ether oxygens (including phenoxy) is 1. The molecule has 2 atom stereocenters. The van der Waals surface area contributed by atoms with E-state index in [0.29, 0.717) is 12.6 Å². The molecule has 2 aromatic rings. The highest BCUT2D eigenvalue weighted by molar-refractivity contribution is 7.22. The Labute approximate surface area is 130 Å². The fraction of sp³-hybridized carbons (Fsp3) is 0.588. The molecule has 1 heterocycles. The van der Waals surface area contributed by atoms with Crippen molar-refractivity contribution in [2.45, 2.75) is 46.1 Å². The molecule has 1 saturated carbocycles. The Kier molecular flexibility index (Phi) is 4.34. The van der Waals surface area contributed by atoms with E-state index in [1.54, 1.807) is 11.3 Å². The van der Waals surface area contributed by atoms with Gasteiger partial charge < -0.3 is 10.1 Å². The molecule has 0 radical (unpaired) electrons. The summed E-state index contributed by atoms with van der Waals surface area (Å²) < 4.78 is 6.75. The maximum atomic E-state index is 5.56. The lowest BCUT2D eigenvalue weighted by molar-refractivity contribution is 0.281. The summed E-state index contributed by atoms with van der Waals surface area (Å²) in [6.45, 7) is 7.43. The summed E-state index contributed by atoms with van der Waals surface area (Å²) in [6, 6.07) is 6.71. The van der Waals surface area contributed by atoms with Gasteiger partial charge in [-0.3, -0.25) is 0 Å². The van der Waals surface area contributed by atoms with Crippen molar-refractivity contribution in [3.8, 4) is 5.75 Å². The fourth-order valence-corrected chi connectivity index (χ4v) is 4.43. The third kappa shape index (κ3) is 3.49. The molecule has 1 aliphatic rings. The summed E-state index contributed by atoms with van der Waals surface area (Å²) in [7, 11) is 0. The summed E-state index contributed by atoms with van der Waals surface area (Å²) in [5.41, 5.74) is 1.06. The van der Waals surface area contributed by atoms with Crippen LogP contribution in [-0.4, -0.2) is 17.6 Å². The van der Waals surface area contributed by atoms with Crippen LogP contribution in [0, 0.1) is 11.8 Å². The number of fused-ring (bicyclic) bond motifs is 1. The van der Waals surface area contributed by atoms with Crippen molar-refractivity contribution in [2.75, 3.05) is 11.9 Å². The Hall–Kier alpha value is -1.29. The van der Waals surface area contributed by atoms with E-state index in [1.807, 2.05) is 19.1 Å². The van der Waals surface area contributed by atoms with Crippen molar-refractivity contribution in [3.63, 3.8) is 0 Å². The van der Waals surface area contributed by atoms with Gasteiger partial charge >= 0.3 is 0 Å². The molecule has 114 valence electrons. The van der Waals surface area contributed by atoms with Gasteiger partial charge in [0.15, 0.2) is 5.13 Å². The molecule has 3 rings (SSSR count). The Morgan fingerprint density at radius 2 is 2.00 bits per heavy atom. The van der Waals surface area contributed by atoms with Crippen LogP contribution < -0.4 is 10.1 Å².